The highest BCUT2D eigenvalue weighted by molar-refractivity contribution is 7.99. The summed E-state index contributed by atoms with van der Waals surface area (Å²) in [6.45, 7) is 0.524. The molecule has 8 nitrogen and oxygen atoms in total. The van der Waals surface area contributed by atoms with Crippen LogP contribution in [0.2, 0.25) is 5.02 Å². The van der Waals surface area contributed by atoms with E-state index in [1.165, 1.54) is 11.8 Å². The van der Waals surface area contributed by atoms with Gasteiger partial charge in [-0.3, -0.25) is 4.79 Å². The van der Waals surface area contributed by atoms with Gasteiger partial charge in [-0.2, -0.15) is 4.68 Å². The van der Waals surface area contributed by atoms with Crippen molar-refractivity contribution in [1.29, 1.82) is 0 Å². The van der Waals surface area contributed by atoms with Crippen molar-refractivity contribution < 1.29 is 9.53 Å². The van der Waals surface area contributed by atoms with Gasteiger partial charge in [0, 0.05) is 28.7 Å². The summed E-state index contributed by atoms with van der Waals surface area (Å²) in [6.07, 6.45) is 2.65. The number of benzene rings is 2. The van der Waals surface area contributed by atoms with E-state index in [2.05, 4.69) is 25.8 Å². The van der Waals surface area contributed by atoms with E-state index in [1.54, 1.807) is 11.8 Å². The number of aromatic nitrogens is 5. The maximum absolute atomic E-state index is 12.3. The summed E-state index contributed by atoms with van der Waals surface area (Å²) in [5, 5.41) is 17.0. The van der Waals surface area contributed by atoms with E-state index in [1.807, 2.05) is 48.7 Å². The molecule has 0 aliphatic carbocycles. The molecule has 1 amide bonds. The number of halogens is 1. The molecule has 2 aromatic heterocycles. The molecule has 4 aromatic rings. The number of tetrazole rings is 1. The monoisotopic (exact) mass is 442 g/mol. The van der Waals surface area contributed by atoms with Crippen molar-refractivity contribution in [2.24, 2.45) is 0 Å². The van der Waals surface area contributed by atoms with Crippen molar-refractivity contribution in [2.75, 3.05) is 19.4 Å². The van der Waals surface area contributed by atoms with Crippen molar-refractivity contribution in [1.82, 2.24) is 30.5 Å². The van der Waals surface area contributed by atoms with E-state index < -0.39 is 0 Å². The summed E-state index contributed by atoms with van der Waals surface area (Å²) in [6, 6.07) is 13.2. The molecule has 2 heterocycles. The second-order valence-electron chi connectivity index (χ2n) is 6.44. The number of carbonyl (C=O) groups is 1. The summed E-state index contributed by atoms with van der Waals surface area (Å²) in [4.78, 5) is 15.5. The highest BCUT2D eigenvalue weighted by atomic mass is 35.5. The van der Waals surface area contributed by atoms with Gasteiger partial charge in [0.2, 0.25) is 11.1 Å². The molecule has 0 atom stereocenters. The number of methoxy groups -OCH3 is 1. The Bertz CT molecular complexity index is 1180. The highest BCUT2D eigenvalue weighted by Gasteiger charge is 2.14. The van der Waals surface area contributed by atoms with E-state index in [4.69, 9.17) is 16.3 Å². The predicted octanol–water partition coefficient (Wildman–Crippen LogP) is 3.26. The van der Waals surface area contributed by atoms with Gasteiger partial charge in [0.15, 0.2) is 0 Å². The second-order valence-corrected chi connectivity index (χ2v) is 7.82. The van der Waals surface area contributed by atoms with Gasteiger partial charge in [-0.1, -0.05) is 35.5 Å². The normalized spacial score (nSPS) is 11.0. The lowest BCUT2D eigenvalue weighted by Crippen LogP contribution is -2.27. The topological polar surface area (TPSA) is 97.7 Å². The first-order valence-corrected chi connectivity index (χ1v) is 10.6. The molecule has 2 aromatic carbocycles. The fourth-order valence-electron chi connectivity index (χ4n) is 3.10. The van der Waals surface area contributed by atoms with Crippen LogP contribution in [0.1, 0.15) is 5.56 Å². The van der Waals surface area contributed by atoms with E-state index in [9.17, 15) is 4.79 Å². The van der Waals surface area contributed by atoms with Crippen LogP contribution in [-0.2, 0) is 11.2 Å². The minimum absolute atomic E-state index is 0.0903. The molecule has 30 heavy (non-hydrogen) atoms. The molecule has 0 radical (unpaired) electrons. The van der Waals surface area contributed by atoms with Crippen LogP contribution >= 0.6 is 23.4 Å². The molecule has 0 aliphatic rings. The Labute approximate surface area is 181 Å². The van der Waals surface area contributed by atoms with Crippen molar-refractivity contribution >= 4 is 40.2 Å². The van der Waals surface area contributed by atoms with Crippen LogP contribution in [0.3, 0.4) is 0 Å². The smallest absolute Gasteiger partial charge is 0.230 e. The highest BCUT2D eigenvalue weighted by Crippen LogP contribution is 2.25. The van der Waals surface area contributed by atoms with Crippen LogP contribution in [0.25, 0.3) is 16.6 Å². The summed E-state index contributed by atoms with van der Waals surface area (Å²) in [5.74, 6) is 0.761. The van der Waals surface area contributed by atoms with Gasteiger partial charge in [0.25, 0.3) is 0 Å². The zero-order chi connectivity index (χ0) is 20.9. The number of thioether (sulfide) groups is 1. The fraction of sp³-hybridized carbons (Fsp3) is 0.200. The van der Waals surface area contributed by atoms with Gasteiger partial charge in [0.05, 0.1) is 12.9 Å². The average Bonchev–Trinajstić information content (AvgIpc) is 3.39. The van der Waals surface area contributed by atoms with Crippen molar-refractivity contribution in [2.45, 2.75) is 11.6 Å². The molecule has 0 saturated heterocycles. The van der Waals surface area contributed by atoms with Gasteiger partial charge in [-0.05, 0) is 52.7 Å². The van der Waals surface area contributed by atoms with E-state index in [0.29, 0.717) is 34.6 Å². The Kier molecular flexibility index (Phi) is 6.20. The molecule has 154 valence electrons. The average molecular weight is 443 g/mol. The zero-order valence-electron chi connectivity index (χ0n) is 16.1. The number of nitrogens with one attached hydrogen (secondary N) is 2. The van der Waals surface area contributed by atoms with Crippen LogP contribution in [0.5, 0.6) is 5.75 Å². The Hall–Kier alpha value is -3.04. The van der Waals surface area contributed by atoms with Crippen LogP contribution in [0.15, 0.2) is 53.8 Å². The third-order valence-corrected chi connectivity index (χ3v) is 5.69. The van der Waals surface area contributed by atoms with Crippen LogP contribution in [0, 0.1) is 0 Å². The third-order valence-electron chi connectivity index (χ3n) is 4.53. The van der Waals surface area contributed by atoms with E-state index >= 15 is 0 Å². The molecule has 2 N–H and O–H groups in total. The summed E-state index contributed by atoms with van der Waals surface area (Å²) in [5.41, 5.74) is 2.85. The summed E-state index contributed by atoms with van der Waals surface area (Å²) >= 11 is 7.35. The lowest BCUT2D eigenvalue weighted by molar-refractivity contribution is -0.118. The number of carbonyl (C=O) groups excluding carboxylic acids is 1. The number of aromatic amines is 1. The number of fused-ring (bicyclic) bond motifs is 1. The van der Waals surface area contributed by atoms with Gasteiger partial charge in [-0.15, -0.1) is 5.10 Å². The maximum Gasteiger partial charge on any atom is 0.230 e. The predicted molar refractivity (Wildman–Crippen MR) is 116 cm³/mol. The molecular weight excluding hydrogens is 424 g/mol. The molecule has 0 aliphatic heterocycles. The molecule has 10 heteroatoms. The Balaban J connectivity index is 1.33. The third kappa shape index (κ3) is 4.42. The van der Waals surface area contributed by atoms with Gasteiger partial charge in [-0.25, -0.2) is 0 Å². The Morgan fingerprint density at radius 1 is 1.30 bits per heavy atom. The molecule has 0 spiro atoms. The lowest BCUT2D eigenvalue weighted by Gasteiger charge is -2.09. The van der Waals surface area contributed by atoms with Gasteiger partial charge < -0.3 is 15.0 Å². The van der Waals surface area contributed by atoms with Crippen molar-refractivity contribution in [3.8, 4) is 11.4 Å². The zero-order valence-corrected chi connectivity index (χ0v) is 17.7. The van der Waals surface area contributed by atoms with Crippen molar-refractivity contribution in [3.63, 3.8) is 0 Å². The molecular formula is C20H19ClN6O2S. The Morgan fingerprint density at radius 2 is 2.17 bits per heavy atom. The SMILES string of the molecule is COc1ccccc1-n1nnnc1SCC(=O)NCCc1c[nH]c2ccc(Cl)cc12. The number of H-pyrrole nitrogens is 1. The number of amides is 1. The maximum atomic E-state index is 12.3. The number of para-hydroxylation sites is 2. The lowest BCUT2D eigenvalue weighted by atomic mass is 10.1. The van der Waals surface area contributed by atoms with E-state index in [-0.39, 0.29) is 11.7 Å². The Morgan fingerprint density at radius 3 is 3.03 bits per heavy atom. The standard InChI is InChI=1S/C20H19ClN6O2S/c1-29-18-5-3-2-4-17(18)27-20(24-25-26-27)30-12-19(28)22-9-8-13-11-23-16-7-6-14(21)10-15(13)16/h2-7,10-11,23H,8-9,12H2,1H3,(H,22,28). The van der Waals surface area contributed by atoms with Crippen molar-refractivity contribution in [3.05, 3.63) is 59.2 Å². The molecule has 0 saturated carbocycles. The minimum atomic E-state index is -0.0903. The van der Waals surface area contributed by atoms with Crippen LogP contribution < -0.4 is 10.1 Å². The molecule has 0 fully saturated rings. The first-order chi connectivity index (χ1) is 14.7. The van der Waals surface area contributed by atoms with Crippen LogP contribution in [-0.4, -0.2) is 50.5 Å². The van der Waals surface area contributed by atoms with E-state index in [0.717, 1.165) is 16.5 Å². The largest absolute Gasteiger partial charge is 0.494 e. The van der Waals surface area contributed by atoms with Crippen LogP contribution in [0.4, 0.5) is 0 Å². The summed E-state index contributed by atoms with van der Waals surface area (Å²) < 4.78 is 6.92. The number of hydrogen-bond donors (Lipinski definition) is 2. The first-order valence-electron chi connectivity index (χ1n) is 9.22. The molecule has 4 rings (SSSR count). The fourth-order valence-corrected chi connectivity index (χ4v) is 3.99. The number of nitrogens with zero attached hydrogens (tertiary/aromatic N) is 4. The number of rotatable bonds is 8. The summed E-state index contributed by atoms with van der Waals surface area (Å²) in [7, 11) is 1.59. The minimum Gasteiger partial charge on any atom is -0.494 e. The number of hydrogen-bond acceptors (Lipinski definition) is 6. The quantitative estimate of drug-likeness (QED) is 0.406. The second kappa shape index (κ2) is 9.19. The molecule has 0 bridgehead atoms. The first kappa shape index (κ1) is 20.2. The number of ether oxygens (including phenoxy) is 1. The molecule has 0 unspecified atom stereocenters. The van der Waals surface area contributed by atoms with Gasteiger partial charge in [0.1, 0.15) is 11.4 Å². The van der Waals surface area contributed by atoms with Gasteiger partial charge >= 0.3 is 0 Å².